The van der Waals surface area contributed by atoms with Crippen LogP contribution in [0.2, 0.25) is 0 Å². The summed E-state index contributed by atoms with van der Waals surface area (Å²) in [5.74, 6) is 0.880. The van der Waals surface area contributed by atoms with E-state index < -0.39 is 0 Å². The van der Waals surface area contributed by atoms with Crippen LogP contribution in [0.15, 0.2) is 30.6 Å². The van der Waals surface area contributed by atoms with Crippen LogP contribution in [0, 0.1) is 20.8 Å². The number of aromatic nitrogens is 2. The van der Waals surface area contributed by atoms with Crippen LogP contribution in [0.25, 0.3) is 0 Å². The van der Waals surface area contributed by atoms with E-state index in [9.17, 15) is 0 Å². The van der Waals surface area contributed by atoms with E-state index in [-0.39, 0.29) is 6.04 Å². The Labute approximate surface area is 127 Å². The van der Waals surface area contributed by atoms with Crippen LogP contribution < -0.4 is 5.32 Å². The highest BCUT2D eigenvalue weighted by Gasteiger charge is 2.16. The fourth-order valence-corrected chi connectivity index (χ4v) is 2.80. The zero-order valence-electron chi connectivity index (χ0n) is 13.5. The SMILES string of the molecule is CCCNC(Cc1c(C)cc(C)cc1C)c1ncccn1. The molecule has 0 amide bonds. The summed E-state index contributed by atoms with van der Waals surface area (Å²) in [4.78, 5) is 8.86. The molecule has 0 bridgehead atoms. The largest absolute Gasteiger partial charge is 0.307 e. The summed E-state index contributed by atoms with van der Waals surface area (Å²) >= 11 is 0. The molecule has 1 heterocycles. The fraction of sp³-hybridized carbons (Fsp3) is 0.444. The summed E-state index contributed by atoms with van der Waals surface area (Å²) in [6, 6.07) is 6.55. The van der Waals surface area contributed by atoms with E-state index in [1.807, 2.05) is 18.5 Å². The maximum atomic E-state index is 4.43. The summed E-state index contributed by atoms with van der Waals surface area (Å²) < 4.78 is 0. The molecule has 0 saturated carbocycles. The van der Waals surface area contributed by atoms with Gasteiger partial charge in [0.15, 0.2) is 0 Å². The second-order valence-corrected chi connectivity index (χ2v) is 5.70. The molecule has 0 aliphatic heterocycles. The quantitative estimate of drug-likeness (QED) is 0.878. The summed E-state index contributed by atoms with van der Waals surface area (Å²) in [5.41, 5.74) is 5.43. The third kappa shape index (κ3) is 4.11. The first kappa shape index (κ1) is 15.6. The second-order valence-electron chi connectivity index (χ2n) is 5.70. The monoisotopic (exact) mass is 283 g/mol. The molecule has 0 aliphatic carbocycles. The van der Waals surface area contributed by atoms with Gasteiger partial charge in [-0.05, 0) is 62.9 Å². The van der Waals surface area contributed by atoms with Crippen molar-refractivity contribution in [1.29, 1.82) is 0 Å². The van der Waals surface area contributed by atoms with Crippen molar-refractivity contribution in [2.75, 3.05) is 6.54 Å². The number of hydrogen-bond donors (Lipinski definition) is 1. The van der Waals surface area contributed by atoms with Crippen LogP contribution in [-0.4, -0.2) is 16.5 Å². The molecule has 2 aromatic rings. The minimum absolute atomic E-state index is 0.172. The Kier molecular flexibility index (Phi) is 5.45. The fourth-order valence-electron chi connectivity index (χ4n) is 2.80. The second kappa shape index (κ2) is 7.32. The normalized spacial score (nSPS) is 12.4. The third-order valence-electron chi connectivity index (χ3n) is 3.79. The highest BCUT2D eigenvalue weighted by atomic mass is 15.0. The molecule has 1 aromatic heterocycles. The first-order valence-corrected chi connectivity index (χ1v) is 7.68. The van der Waals surface area contributed by atoms with Gasteiger partial charge in [-0.15, -0.1) is 0 Å². The minimum Gasteiger partial charge on any atom is -0.307 e. The highest BCUT2D eigenvalue weighted by Crippen LogP contribution is 2.22. The smallest absolute Gasteiger partial charge is 0.145 e. The van der Waals surface area contributed by atoms with E-state index in [4.69, 9.17) is 0 Å². The van der Waals surface area contributed by atoms with Crippen molar-refractivity contribution in [2.24, 2.45) is 0 Å². The number of rotatable bonds is 6. The van der Waals surface area contributed by atoms with Gasteiger partial charge in [0, 0.05) is 12.4 Å². The predicted molar refractivity (Wildman–Crippen MR) is 87.4 cm³/mol. The van der Waals surface area contributed by atoms with Crippen LogP contribution in [-0.2, 0) is 6.42 Å². The van der Waals surface area contributed by atoms with E-state index in [1.165, 1.54) is 22.3 Å². The first-order valence-electron chi connectivity index (χ1n) is 7.68. The summed E-state index contributed by atoms with van der Waals surface area (Å²) in [6.45, 7) is 9.69. The molecule has 1 N–H and O–H groups in total. The molecule has 1 aromatic carbocycles. The Morgan fingerprint density at radius 1 is 1.05 bits per heavy atom. The van der Waals surface area contributed by atoms with Crippen LogP contribution in [0.1, 0.15) is 47.5 Å². The molecular formula is C18H25N3. The average molecular weight is 283 g/mol. The first-order chi connectivity index (χ1) is 10.1. The van der Waals surface area contributed by atoms with Gasteiger partial charge in [-0.3, -0.25) is 0 Å². The van der Waals surface area contributed by atoms with Crippen molar-refractivity contribution < 1.29 is 0 Å². The van der Waals surface area contributed by atoms with Gasteiger partial charge < -0.3 is 5.32 Å². The lowest BCUT2D eigenvalue weighted by atomic mass is 9.94. The maximum absolute atomic E-state index is 4.43. The molecule has 0 fully saturated rings. The Hall–Kier alpha value is -1.74. The van der Waals surface area contributed by atoms with Crippen LogP contribution in [0.5, 0.6) is 0 Å². The van der Waals surface area contributed by atoms with Gasteiger partial charge >= 0.3 is 0 Å². The van der Waals surface area contributed by atoms with Crippen LogP contribution >= 0.6 is 0 Å². The van der Waals surface area contributed by atoms with Crippen molar-refractivity contribution in [3.8, 4) is 0 Å². The van der Waals surface area contributed by atoms with Crippen molar-refractivity contribution in [2.45, 2.75) is 46.6 Å². The van der Waals surface area contributed by atoms with Crippen molar-refractivity contribution in [3.05, 3.63) is 58.7 Å². The van der Waals surface area contributed by atoms with Crippen LogP contribution in [0.4, 0.5) is 0 Å². The molecule has 0 spiro atoms. The molecule has 0 saturated heterocycles. The maximum Gasteiger partial charge on any atom is 0.145 e. The molecule has 2 rings (SSSR count). The lowest BCUT2D eigenvalue weighted by Crippen LogP contribution is -2.26. The molecule has 112 valence electrons. The van der Waals surface area contributed by atoms with Gasteiger partial charge in [-0.1, -0.05) is 24.6 Å². The summed E-state index contributed by atoms with van der Waals surface area (Å²) in [7, 11) is 0. The Bertz CT molecular complexity index is 555. The summed E-state index contributed by atoms with van der Waals surface area (Å²) in [6.07, 6.45) is 5.67. The topological polar surface area (TPSA) is 37.8 Å². The van der Waals surface area contributed by atoms with E-state index in [1.54, 1.807) is 0 Å². The zero-order valence-corrected chi connectivity index (χ0v) is 13.5. The number of nitrogens with zero attached hydrogens (tertiary/aromatic N) is 2. The van der Waals surface area contributed by atoms with E-state index >= 15 is 0 Å². The molecule has 3 heteroatoms. The van der Waals surface area contributed by atoms with E-state index in [0.717, 1.165) is 25.2 Å². The van der Waals surface area contributed by atoms with Gasteiger partial charge in [0.1, 0.15) is 5.82 Å². The van der Waals surface area contributed by atoms with Crippen LogP contribution in [0.3, 0.4) is 0 Å². The number of aryl methyl sites for hydroxylation is 3. The van der Waals surface area contributed by atoms with Gasteiger partial charge in [0.25, 0.3) is 0 Å². The van der Waals surface area contributed by atoms with Gasteiger partial charge in [0.2, 0.25) is 0 Å². The molecule has 1 atom stereocenters. The molecule has 0 aliphatic rings. The van der Waals surface area contributed by atoms with Gasteiger partial charge in [-0.25, -0.2) is 9.97 Å². The Balaban J connectivity index is 2.27. The number of nitrogens with one attached hydrogen (secondary N) is 1. The third-order valence-corrected chi connectivity index (χ3v) is 3.79. The summed E-state index contributed by atoms with van der Waals surface area (Å²) in [5, 5.41) is 3.58. The molecular weight excluding hydrogens is 258 g/mol. The number of benzene rings is 1. The standard InChI is InChI=1S/C18H25N3/c1-5-7-19-17(18-20-8-6-9-21-18)12-16-14(3)10-13(2)11-15(16)4/h6,8-11,17,19H,5,7,12H2,1-4H3. The Morgan fingerprint density at radius 3 is 2.24 bits per heavy atom. The molecule has 3 nitrogen and oxygen atoms in total. The Morgan fingerprint density at radius 2 is 1.67 bits per heavy atom. The lowest BCUT2D eigenvalue weighted by Gasteiger charge is -2.20. The van der Waals surface area contributed by atoms with Crippen molar-refractivity contribution in [3.63, 3.8) is 0 Å². The predicted octanol–water partition coefficient (Wildman–Crippen LogP) is 3.69. The number of hydrogen-bond acceptors (Lipinski definition) is 3. The average Bonchev–Trinajstić information content (AvgIpc) is 2.46. The molecule has 0 radical (unpaired) electrons. The lowest BCUT2D eigenvalue weighted by molar-refractivity contribution is 0.502. The van der Waals surface area contributed by atoms with E-state index in [2.05, 4.69) is 55.1 Å². The molecule has 21 heavy (non-hydrogen) atoms. The van der Waals surface area contributed by atoms with Gasteiger partial charge in [-0.2, -0.15) is 0 Å². The van der Waals surface area contributed by atoms with Crippen molar-refractivity contribution in [1.82, 2.24) is 15.3 Å². The molecule has 1 unspecified atom stereocenters. The highest BCUT2D eigenvalue weighted by molar-refractivity contribution is 5.38. The van der Waals surface area contributed by atoms with E-state index in [0.29, 0.717) is 0 Å². The van der Waals surface area contributed by atoms with Gasteiger partial charge in [0.05, 0.1) is 6.04 Å². The minimum atomic E-state index is 0.172. The zero-order chi connectivity index (χ0) is 15.2. The van der Waals surface area contributed by atoms with Crippen molar-refractivity contribution >= 4 is 0 Å².